The van der Waals surface area contributed by atoms with Gasteiger partial charge in [-0.2, -0.15) is 0 Å². The van der Waals surface area contributed by atoms with Crippen LogP contribution in [0.4, 0.5) is 0 Å². The highest BCUT2D eigenvalue weighted by molar-refractivity contribution is 5.83. The van der Waals surface area contributed by atoms with Gasteiger partial charge in [0.15, 0.2) is 0 Å². The summed E-state index contributed by atoms with van der Waals surface area (Å²) in [6.45, 7) is 1.92. The minimum Gasteiger partial charge on any atom is -0.396 e. The first-order valence-corrected chi connectivity index (χ1v) is 7.06. The minimum absolute atomic E-state index is 0.00406. The van der Waals surface area contributed by atoms with Gasteiger partial charge in [-0.1, -0.05) is 0 Å². The number of nitrogens with one attached hydrogen (secondary N) is 1. The summed E-state index contributed by atoms with van der Waals surface area (Å²) < 4.78 is 0. The van der Waals surface area contributed by atoms with Gasteiger partial charge in [0.05, 0.1) is 5.92 Å². The molecule has 0 spiro atoms. The van der Waals surface area contributed by atoms with Crippen LogP contribution in [0.3, 0.4) is 0 Å². The molecule has 0 aromatic carbocycles. The monoisotopic (exact) mass is 269 g/mol. The highest BCUT2D eigenvalue weighted by Gasteiger charge is 2.43. The molecule has 0 radical (unpaired) electrons. The predicted octanol–water partition coefficient (Wildman–Crippen LogP) is -0.929. The Labute approximate surface area is 113 Å². The van der Waals surface area contributed by atoms with Gasteiger partial charge in [-0.05, 0) is 25.7 Å². The minimum atomic E-state index is -0.00406. The van der Waals surface area contributed by atoms with Crippen LogP contribution in [-0.4, -0.2) is 54.1 Å². The van der Waals surface area contributed by atoms with Gasteiger partial charge in [0.1, 0.15) is 0 Å². The molecular weight excluding hydrogens is 246 g/mol. The lowest BCUT2D eigenvalue weighted by Crippen LogP contribution is -2.44. The van der Waals surface area contributed by atoms with E-state index in [-0.39, 0.29) is 36.3 Å². The van der Waals surface area contributed by atoms with E-state index in [1.807, 2.05) is 4.90 Å². The summed E-state index contributed by atoms with van der Waals surface area (Å²) in [5.74, 6) is 0.223. The molecule has 2 fully saturated rings. The predicted molar refractivity (Wildman–Crippen MR) is 70.1 cm³/mol. The molecule has 4 N–H and O–H groups in total. The molecule has 1 saturated heterocycles. The van der Waals surface area contributed by atoms with Crippen molar-refractivity contribution in [2.24, 2.45) is 17.6 Å². The van der Waals surface area contributed by atoms with Gasteiger partial charge in [0.25, 0.3) is 0 Å². The summed E-state index contributed by atoms with van der Waals surface area (Å²) in [7, 11) is 0. The second-order valence-electron chi connectivity index (χ2n) is 5.47. The van der Waals surface area contributed by atoms with Crippen LogP contribution < -0.4 is 11.1 Å². The zero-order valence-electron chi connectivity index (χ0n) is 11.2. The first-order valence-electron chi connectivity index (χ1n) is 7.06. The van der Waals surface area contributed by atoms with E-state index < -0.39 is 0 Å². The zero-order valence-corrected chi connectivity index (χ0v) is 11.2. The first kappa shape index (κ1) is 14.3. The van der Waals surface area contributed by atoms with Crippen LogP contribution in [0.25, 0.3) is 0 Å². The molecule has 1 aliphatic heterocycles. The number of hydrogen-bond acceptors (Lipinski definition) is 4. The summed E-state index contributed by atoms with van der Waals surface area (Å²) in [5.41, 5.74) is 5.69. The molecule has 0 aromatic rings. The van der Waals surface area contributed by atoms with E-state index in [4.69, 9.17) is 10.8 Å². The highest BCUT2D eigenvalue weighted by Crippen LogP contribution is 2.31. The van der Waals surface area contributed by atoms with Crippen LogP contribution in [0.1, 0.15) is 25.7 Å². The van der Waals surface area contributed by atoms with Crippen molar-refractivity contribution in [1.29, 1.82) is 0 Å². The topological polar surface area (TPSA) is 95.7 Å². The van der Waals surface area contributed by atoms with E-state index in [0.717, 1.165) is 19.3 Å². The normalized spacial score (nSPS) is 27.2. The molecule has 2 atom stereocenters. The van der Waals surface area contributed by atoms with E-state index in [9.17, 15) is 9.59 Å². The van der Waals surface area contributed by atoms with Crippen molar-refractivity contribution < 1.29 is 14.7 Å². The molecule has 1 aliphatic carbocycles. The molecular formula is C13H23N3O3. The molecule has 0 bridgehead atoms. The molecule has 1 saturated carbocycles. The van der Waals surface area contributed by atoms with Crippen molar-refractivity contribution in [1.82, 2.24) is 10.2 Å². The average molecular weight is 269 g/mol. The van der Waals surface area contributed by atoms with Gasteiger partial charge in [0, 0.05) is 38.2 Å². The lowest BCUT2D eigenvalue weighted by Gasteiger charge is -2.31. The highest BCUT2D eigenvalue weighted by atomic mass is 16.3. The number of nitrogens with two attached hydrogens (primary N) is 1. The van der Waals surface area contributed by atoms with Crippen molar-refractivity contribution in [2.45, 2.75) is 31.7 Å². The number of aliphatic hydroxyl groups excluding tert-OH is 1. The van der Waals surface area contributed by atoms with Crippen molar-refractivity contribution in [3.05, 3.63) is 0 Å². The Balaban J connectivity index is 1.70. The summed E-state index contributed by atoms with van der Waals surface area (Å²) >= 11 is 0. The fraction of sp³-hybridized carbons (Fsp3) is 0.846. The first-order chi connectivity index (χ1) is 9.13. The van der Waals surface area contributed by atoms with Crippen molar-refractivity contribution in [3.63, 3.8) is 0 Å². The lowest BCUT2D eigenvalue weighted by molar-refractivity contribution is -0.136. The van der Waals surface area contributed by atoms with E-state index >= 15 is 0 Å². The number of amides is 2. The SMILES string of the molecule is NC1CC1C(=O)N1CCC(C(=O)NCCCO)CC1. The average Bonchev–Trinajstić information content (AvgIpc) is 3.15. The Morgan fingerprint density at radius 1 is 1.32 bits per heavy atom. The van der Waals surface area contributed by atoms with Crippen molar-refractivity contribution in [2.75, 3.05) is 26.2 Å². The van der Waals surface area contributed by atoms with E-state index in [0.29, 0.717) is 26.1 Å². The Morgan fingerprint density at radius 3 is 2.47 bits per heavy atom. The smallest absolute Gasteiger partial charge is 0.227 e. The van der Waals surface area contributed by atoms with Gasteiger partial charge >= 0.3 is 0 Å². The number of hydrogen-bond donors (Lipinski definition) is 3. The maximum Gasteiger partial charge on any atom is 0.227 e. The Hall–Kier alpha value is -1.14. The van der Waals surface area contributed by atoms with Crippen LogP contribution in [0.5, 0.6) is 0 Å². The second-order valence-corrected chi connectivity index (χ2v) is 5.47. The summed E-state index contributed by atoms with van der Waals surface area (Å²) in [5, 5.41) is 11.5. The third-order valence-electron chi connectivity index (χ3n) is 3.97. The van der Waals surface area contributed by atoms with Gasteiger partial charge < -0.3 is 21.1 Å². The van der Waals surface area contributed by atoms with Crippen molar-refractivity contribution in [3.8, 4) is 0 Å². The van der Waals surface area contributed by atoms with E-state index in [1.54, 1.807) is 0 Å². The van der Waals surface area contributed by atoms with E-state index in [1.165, 1.54) is 0 Å². The van der Waals surface area contributed by atoms with Crippen molar-refractivity contribution >= 4 is 11.8 Å². The molecule has 2 rings (SSSR count). The number of piperidine rings is 1. The quantitative estimate of drug-likeness (QED) is 0.562. The molecule has 2 aliphatic rings. The molecule has 6 nitrogen and oxygen atoms in total. The van der Waals surface area contributed by atoms with Gasteiger partial charge in [-0.25, -0.2) is 0 Å². The number of likely N-dealkylation sites (tertiary alicyclic amines) is 1. The van der Waals surface area contributed by atoms with Crippen LogP contribution in [0.15, 0.2) is 0 Å². The Bertz CT molecular complexity index is 340. The van der Waals surface area contributed by atoms with Crippen LogP contribution in [-0.2, 0) is 9.59 Å². The maximum atomic E-state index is 12.0. The fourth-order valence-corrected chi connectivity index (χ4v) is 2.53. The number of aliphatic hydroxyl groups is 1. The zero-order chi connectivity index (χ0) is 13.8. The molecule has 1 heterocycles. The molecule has 2 unspecified atom stereocenters. The number of rotatable bonds is 5. The van der Waals surface area contributed by atoms with Gasteiger partial charge in [0.2, 0.25) is 11.8 Å². The van der Waals surface area contributed by atoms with Crippen LogP contribution in [0, 0.1) is 11.8 Å². The summed E-state index contributed by atoms with van der Waals surface area (Å²) in [6, 6.07) is 0.0482. The summed E-state index contributed by atoms with van der Waals surface area (Å²) in [4.78, 5) is 25.6. The lowest BCUT2D eigenvalue weighted by atomic mass is 9.95. The molecule has 108 valence electrons. The second kappa shape index (κ2) is 6.34. The molecule has 0 aromatic heterocycles. The number of carbonyl (C=O) groups excluding carboxylic acids is 2. The summed E-state index contributed by atoms with van der Waals surface area (Å²) in [6.07, 6.45) is 2.83. The van der Waals surface area contributed by atoms with Crippen LogP contribution in [0.2, 0.25) is 0 Å². The fourth-order valence-electron chi connectivity index (χ4n) is 2.53. The Kier molecular flexibility index (Phi) is 4.76. The third-order valence-corrected chi connectivity index (χ3v) is 3.97. The largest absolute Gasteiger partial charge is 0.396 e. The maximum absolute atomic E-state index is 12.0. The molecule has 19 heavy (non-hydrogen) atoms. The van der Waals surface area contributed by atoms with E-state index in [2.05, 4.69) is 5.32 Å². The molecule has 2 amide bonds. The Morgan fingerprint density at radius 2 is 1.95 bits per heavy atom. The van der Waals surface area contributed by atoms with Crippen LogP contribution >= 0.6 is 0 Å². The third kappa shape index (κ3) is 3.67. The number of carbonyl (C=O) groups is 2. The van der Waals surface area contributed by atoms with Gasteiger partial charge in [-0.3, -0.25) is 9.59 Å². The standard InChI is InChI=1S/C13H23N3O3/c14-11-8-10(11)13(19)16-5-2-9(3-6-16)12(18)15-4-1-7-17/h9-11,17H,1-8,14H2,(H,15,18). The number of nitrogens with zero attached hydrogens (tertiary/aromatic N) is 1. The van der Waals surface area contributed by atoms with Gasteiger partial charge in [-0.15, -0.1) is 0 Å². The molecule has 6 heteroatoms.